The third-order valence-corrected chi connectivity index (χ3v) is 4.14. The van der Waals surface area contributed by atoms with Gasteiger partial charge in [-0.25, -0.2) is 0 Å². The molecule has 110 valence electrons. The first-order valence-corrected chi connectivity index (χ1v) is 7.19. The van der Waals surface area contributed by atoms with E-state index in [4.69, 9.17) is 0 Å². The summed E-state index contributed by atoms with van der Waals surface area (Å²) >= 11 is 0. The Hall–Kier alpha value is -1.19. The second kappa shape index (κ2) is 4.97. The van der Waals surface area contributed by atoms with Gasteiger partial charge in [-0.2, -0.15) is 0 Å². The molecule has 0 radical (unpaired) electrons. The molecule has 1 aromatic rings. The fourth-order valence-electron chi connectivity index (χ4n) is 3.47. The maximum absolute atomic E-state index is 12.5. The number of benzene rings is 1. The first-order chi connectivity index (χ1) is 9.12. The quantitative estimate of drug-likeness (QED) is 0.872. The van der Waals surface area contributed by atoms with Crippen molar-refractivity contribution in [3.8, 4) is 0 Å². The number of carbonyl (C=O) groups excluding carboxylic acids is 1. The van der Waals surface area contributed by atoms with Crippen LogP contribution >= 0.6 is 0 Å². The summed E-state index contributed by atoms with van der Waals surface area (Å²) in [5.41, 5.74) is 1.31. The highest BCUT2D eigenvalue weighted by molar-refractivity contribution is 5.85. The van der Waals surface area contributed by atoms with Crippen LogP contribution in [0.5, 0.6) is 0 Å². The summed E-state index contributed by atoms with van der Waals surface area (Å²) in [4.78, 5) is 12.5. The van der Waals surface area contributed by atoms with Gasteiger partial charge in [0.2, 0.25) is 0 Å². The molecule has 3 heteroatoms. The number of nitrogens with one attached hydrogen (secondary N) is 1. The highest BCUT2D eigenvalue weighted by atomic mass is 16.3. The van der Waals surface area contributed by atoms with Crippen LogP contribution in [0.15, 0.2) is 24.3 Å². The lowest BCUT2D eigenvalue weighted by Crippen LogP contribution is -2.64. The van der Waals surface area contributed by atoms with Gasteiger partial charge in [0.25, 0.3) is 0 Å². The third-order valence-electron chi connectivity index (χ3n) is 4.14. The molecule has 1 saturated heterocycles. The van der Waals surface area contributed by atoms with Crippen LogP contribution in [0.1, 0.15) is 51.3 Å². The van der Waals surface area contributed by atoms with Crippen molar-refractivity contribution in [2.75, 3.05) is 0 Å². The maximum atomic E-state index is 12.5. The number of hydrogen-bond acceptors (Lipinski definition) is 3. The zero-order valence-electron chi connectivity index (χ0n) is 13.0. The third kappa shape index (κ3) is 2.94. The molecule has 2 unspecified atom stereocenters. The molecule has 2 atom stereocenters. The molecule has 0 aromatic heterocycles. The first kappa shape index (κ1) is 15.2. The molecule has 20 heavy (non-hydrogen) atoms. The van der Waals surface area contributed by atoms with Crippen LogP contribution in [0, 0.1) is 12.8 Å². The summed E-state index contributed by atoms with van der Waals surface area (Å²) in [5.74, 6) is -0.287. The average molecular weight is 275 g/mol. The summed E-state index contributed by atoms with van der Waals surface area (Å²) in [6.45, 7) is 10.1. The number of rotatable bonds is 2. The lowest BCUT2D eigenvalue weighted by molar-refractivity contribution is -0.136. The van der Waals surface area contributed by atoms with Crippen molar-refractivity contribution < 1.29 is 9.90 Å². The van der Waals surface area contributed by atoms with Gasteiger partial charge in [0.1, 0.15) is 5.78 Å². The van der Waals surface area contributed by atoms with E-state index in [1.165, 1.54) is 0 Å². The van der Waals surface area contributed by atoms with E-state index in [1.807, 2.05) is 58.9 Å². The van der Waals surface area contributed by atoms with Crippen molar-refractivity contribution in [3.05, 3.63) is 35.4 Å². The Morgan fingerprint density at radius 1 is 1.20 bits per heavy atom. The summed E-state index contributed by atoms with van der Waals surface area (Å²) in [6.07, 6.45) is -0.314. The van der Waals surface area contributed by atoms with Crippen LogP contribution in [0.2, 0.25) is 0 Å². The molecule has 0 spiro atoms. The first-order valence-electron chi connectivity index (χ1n) is 7.19. The Balaban J connectivity index is 2.31. The van der Waals surface area contributed by atoms with E-state index in [-0.39, 0.29) is 11.3 Å². The average Bonchev–Trinajstić information content (AvgIpc) is 2.25. The zero-order valence-corrected chi connectivity index (χ0v) is 13.0. The molecule has 1 aromatic carbocycles. The molecule has 1 aliphatic rings. The van der Waals surface area contributed by atoms with Gasteiger partial charge >= 0.3 is 0 Å². The van der Waals surface area contributed by atoms with Crippen LogP contribution in [0.3, 0.4) is 0 Å². The molecule has 0 amide bonds. The van der Waals surface area contributed by atoms with Gasteiger partial charge < -0.3 is 10.4 Å². The van der Waals surface area contributed by atoms with E-state index < -0.39 is 17.6 Å². The predicted molar refractivity (Wildman–Crippen MR) is 80.5 cm³/mol. The lowest BCUT2D eigenvalue weighted by Gasteiger charge is -2.48. The van der Waals surface area contributed by atoms with Crippen molar-refractivity contribution in [3.63, 3.8) is 0 Å². The SMILES string of the molecule is Cc1ccc(C(O)C2C(=O)CC(C)(C)NC2(C)C)cc1. The summed E-state index contributed by atoms with van der Waals surface area (Å²) in [6, 6.07) is 7.75. The number of Topliss-reactive ketones (excluding diaryl/α,β-unsaturated/α-hetero) is 1. The van der Waals surface area contributed by atoms with E-state index in [0.717, 1.165) is 11.1 Å². The Morgan fingerprint density at radius 2 is 1.75 bits per heavy atom. The van der Waals surface area contributed by atoms with Gasteiger partial charge in [0.05, 0.1) is 12.0 Å². The van der Waals surface area contributed by atoms with Crippen LogP contribution in [-0.4, -0.2) is 22.0 Å². The Bertz CT molecular complexity index is 502. The largest absolute Gasteiger partial charge is 0.388 e. The molecular weight excluding hydrogens is 250 g/mol. The number of aliphatic hydroxyl groups is 1. The van der Waals surface area contributed by atoms with E-state index >= 15 is 0 Å². The molecule has 1 fully saturated rings. The minimum Gasteiger partial charge on any atom is -0.388 e. The minimum absolute atomic E-state index is 0.131. The lowest BCUT2D eigenvalue weighted by atomic mass is 9.70. The second-order valence-corrected chi connectivity index (χ2v) is 7.21. The minimum atomic E-state index is -0.762. The Morgan fingerprint density at radius 3 is 2.25 bits per heavy atom. The van der Waals surface area contributed by atoms with Gasteiger partial charge in [0.15, 0.2) is 0 Å². The van der Waals surface area contributed by atoms with Crippen molar-refractivity contribution in [2.24, 2.45) is 5.92 Å². The number of aryl methyl sites for hydroxylation is 1. The molecular formula is C17H25NO2. The molecule has 1 heterocycles. The molecule has 0 saturated carbocycles. The highest BCUT2D eigenvalue weighted by Crippen LogP contribution is 2.38. The van der Waals surface area contributed by atoms with Crippen molar-refractivity contribution in [1.82, 2.24) is 5.32 Å². The summed E-state index contributed by atoms with van der Waals surface area (Å²) in [5, 5.41) is 14.1. The Labute approximate surface area is 121 Å². The molecule has 3 nitrogen and oxygen atoms in total. The number of ketones is 1. The predicted octanol–water partition coefficient (Wildman–Crippen LogP) is 2.76. The number of carbonyl (C=O) groups is 1. The van der Waals surface area contributed by atoms with Crippen LogP contribution in [0.25, 0.3) is 0 Å². The fraction of sp³-hybridized carbons (Fsp3) is 0.588. The van der Waals surface area contributed by atoms with Gasteiger partial charge in [-0.3, -0.25) is 4.79 Å². The standard InChI is InChI=1S/C17H25NO2/c1-11-6-8-12(9-7-11)15(20)14-13(19)10-16(2,3)18-17(14,4)5/h6-9,14-15,18,20H,10H2,1-5H3. The van der Waals surface area contributed by atoms with Crippen molar-refractivity contribution >= 4 is 5.78 Å². The Kier molecular flexibility index (Phi) is 3.78. The monoisotopic (exact) mass is 275 g/mol. The van der Waals surface area contributed by atoms with Gasteiger partial charge in [-0.15, -0.1) is 0 Å². The van der Waals surface area contributed by atoms with E-state index in [0.29, 0.717) is 6.42 Å². The van der Waals surface area contributed by atoms with Crippen LogP contribution < -0.4 is 5.32 Å². The molecule has 2 N–H and O–H groups in total. The topological polar surface area (TPSA) is 49.3 Å². The molecule has 0 bridgehead atoms. The maximum Gasteiger partial charge on any atom is 0.142 e. The number of piperidine rings is 1. The van der Waals surface area contributed by atoms with Gasteiger partial charge in [-0.05, 0) is 40.2 Å². The van der Waals surface area contributed by atoms with Crippen LogP contribution in [-0.2, 0) is 4.79 Å². The summed E-state index contributed by atoms with van der Waals surface area (Å²) in [7, 11) is 0. The van der Waals surface area contributed by atoms with E-state index in [9.17, 15) is 9.90 Å². The molecule has 2 rings (SSSR count). The van der Waals surface area contributed by atoms with Gasteiger partial charge in [0, 0.05) is 17.5 Å². The molecule has 0 aliphatic carbocycles. The summed E-state index contributed by atoms with van der Waals surface area (Å²) < 4.78 is 0. The highest BCUT2D eigenvalue weighted by Gasteiger charge is 2.48. The van der Waals surface area contributed by atoms with Crippen molar-refractivity contribution in [1.29, 1.82) is 0 Å². The van der Waals surface area contributed by atoms with Crippen molar-refractivity contribution in [2.45, 2.75) is 58.2 Å². The zero-order chi connectivity index (χ0) is 15.1. The number of hydrogen-bond donors (Lipinski definition) is 2. The van der Waals surface area contributed by atoms with E-state index in [1.54, 1.807) is 0 Å². The smallest absolute Gasteiger partial charge is 0.142 e. The van der Waals surface area contributed by atoms with E-state index in [2.05, 4.69) is 5.32 Å². The molecule has 1 aliphatic heterocycles. The fourth-order valence-corrected chi connectivity index (χ4v) is 3.47. The second-order valence-electron chi connectivity index (χ2n) is 7.21. The van der Waals surface area contributed by atoms with Gasteiger partial charge in [-0.1, -0.05) is 29.8 Å². The normalized spacial score (nSPS) is 26.3. The number of aliphatic hydroxyl groups excluding tert-OH is 1. The van der Waals surface area contributed by atoms with Crippen LogP contribution in [0.4, 0.5) is 0 Å².